The number of aromatic nitrogens is 1. The largest absolute Gasteiger partial charge is 0.495 e. The van der Waals surface area contributed by atoms with Gasteiger partial charge in [0.05, 0.1) is 12.6 Å². The van der Waals surface area contributed by atoms with Crippen LogP contribution in [0.5, 0.6) is 5.75 Å². The van der Waals surface area contributed by atoms with Crippen molar-refractivity contribution < 1.29 is 4.74 Å². The topological polar surface area (TPSA) is 25.0 Å². The lowest BCUT2D eigenvalue weighted by molar-refractivity contribution is -0.00687. The van der Waals surface area contributed by atoms with E-state index >= 15 is 0 Å². The van der Waals surface area contributed by atoms with Crippen molar-refractivity contribution in [3.05, 3.63) is 30.0 Å². The fourth-order valence-electron chi connectivity index (χ4n) is 6.02. The first kappa shape index (κ1) is 12.1. The number of hydrogen-bond donors (Lipinski definition) is 1. The molecular weight excluding hydrogens is 258 g/mol. The summed E-state index contributed by atoms with van der Waals surface area (Å²) in [5, 5.41) is 1.31. The van der Waals surface area contributed by atoms with E-state index in [1.54, 1.807) is 7.11 Å². The first-order valence-electron chi connectivity index (χ1n) is 8.42. The maximum atomic E-state index is 5.53. The third-order valence-electron chi connectivity index (χ3n) is 6.45. The Labute approximate surface area is 125 Å². The van der Waals surface area contributed by atoms with Crippen LogP contribution in [0, 0.1) is 17.8 Å². The minimum absolute atomic E-state index is 0.443. The third-order valence-corrected chi connectivity index (χ3v) is 6.45. The van der Waals surface area contributed by atoms with E-state index in [0.29, 0.717) is 5.41 Å². The summed E-state index contributed by atoms with van der Waals surface area (Å²) in [5.41, 5.74) is 3.12. The third kappa shape index (κ3) is 1.65. The molecule has 4 fully saturated rings. The van der Waals surface area contributed by atoms with Crippen molar-refractivity contribution >= 4 is 10.9 Å². The molecule has 2 nitrogen and oxygen atoms in total. The molecule has 4 saturated carbocycles. The van der Waals surface area contributed by atoms with Gasteiger partial charge in [-0.25, -0.2) is 0 Å². The van der Waals surface area contributed by atoms with Gasteiger partial charge in [-0.05, 0) is 68.4 Å². The maximum absolute atomic E-state index is 5.53. The van der Waals surface area contributed by atoms with E-state index in [9.17, 15) is 0 Å². The first-order valence-corrected chi connectivity index (χ1v) is 8.42. The number of rotatable bonds is 2. The van der Waals surface area contributed by atoms with Crippen LogP contribution in [0.1, 0.15) is 44.2 Å². The second-order valence-corrected chi connectivity index (χ2v) is 7.81. The Hall–Kier alpha value is -1.44. The Bertz CT molecular complexity index is 663. The summed E-state index contributed by atoms with van der Waals surface area (Å²) in [7, 11) is 1.76. The van der Waals surface area contributed by atoms with Gasteiger partial charge in [0, 0.05) is 16.5 Å². The summed E-state index contributed by atoms with van der Waals surface area (Å²) in [6.45, 7) is 0. The van der Waals surface area contributed by atoms with Crippen molar-refractivity contribution in [2.24, 2.45) is 17.8 Å². The van der Waals surface area contributed by atoms with Gasteiger partial charge in [0.25, 0.3) is 0 Å². The van der Waals surface area contributed by atoms with Gasteiger partial charge in [0.1, 0.15) is 5.75 Å². The van der Waals surface area contributed by atoms with Crippen molar-refractivity contribution in [2.45, 2.75) is 43.9 Å². The quantitative estimate of drug-likeness (QED) is 0.852. The molecule has 4 aliphatic rings. The zero-order valence-corrected chi connectivity index (χ0v) is 12.7. The molecule has 0 aliphatic heterocycles. The lowest BCUT2D eigenvalue weighted by atomic mass is 9.49. The number of ether oxygens (including phenoxy) is 1. The summed E-state index contributed by atoms with van der Waals surface area (Å²) in [4.78, 5) is 3.75. The van der Waals surface area contributed by atoms with E-state index in [2.05, 4.69) is 29.2 Å². The van der Waals surface area contributed by atoms with Gasteiger partial charge < -0.3 is 9.72 Å². The maximum Gasteiger partial charge on any atom is 0.142 e. The lowest BCUT2D eigenvalue weighted by Gasteiger charge is -2.56. The van der Waals surface area contributed by atoms with Crippen LogP contribution in [0.2, 0.25) is 0 Å². The zero-order valence-electron chi connectivity index (χ0n) is 12.7. The predicted octanol–water partition coefficient (Wildman–Crippen LogP) is 4.64. The van der Waals surface area contributed by atoms with E-state index in [4.69, 9.17) is 4.74 Å². The predicted molar refractivity (Wildman–Crippen MR) is 84.7 cm³/mol. The highest BCUT2D eigenvalue weighted by Crippen LogP contribution is 2.60. The van der Waals surface area contributed by atoms with Gasteiger partial charge >= 0.3 is 0 Å². The summed E-state index contributed by atoms with van der Waals surface area (Å²) in [5.74, 6) is 3.95. The number of H-pyrrole nitrogens is 1. The minimum Gasteiger partial charge on any atom is -0.495 e. The summed E-state index contributed by atoms with van der Waals surface area (Å²) < 4.78 is 5.53. The van der Waals surface area contributed by atoms with Crippen molar-refractivity contribution in [1.29, 1.82) is 0 Å². The molecule has 1 N–H and O–H groups in total. The van der Waals surface area contributed by atoms with E-state index in [-0.39, 0.29) is 0 Å². The van der Waals surface area contributed by atoms with Gasteiger partial charge in [0.2, 0.25) is 0 Å². The standard InChI is InChI=1S/C19H23NO/c1-21-16-4-2-3-15-8-17(20-18(15)16)19-9-12-5-13(10-19)7-14(6-12)11-19/h2-4,8,12-14,20H,5-7,9-11H2,1H3. The molecule has 0 unspecified atom stereocenters. The van der Waals surface area contributed by atoms with Crippen LogP contribution in [0.3, 0.4) is 0 Å². The summed E-state index contributed by atoms with van der Waals surface area (Å²) >= 11 is 0. The Kier molecular flexibility index (Phi) is 2.34. The summed E-state index contributed by atoms with van der Waals surface area (Å²) in [6.07, 6.45) is 8.74. The van der Waals surface area contributed by atoms with Crippen molar-refractivity contribution in [3.8, 4) is 5.75 Å². The Morgan fingerprint density at radius 2 is 1.71 bits per heavy atom. The monoisotopic (exact) mass is 281 g/mol. The highest BCUT2D eigenvalue weighted by molar-refractivity contribution is 5.86. The highest BCUT2D eigenvalue weighted by Gasteiger charge is 2.52. The molecule has 0 radical (unpaired) electrons. The molecule has 0 spiro atoms. The van der Waals surface area contributed by atoms with Gasteiger partial charge in [-0.1, -0.05) is 12.1 Å². The molecule has 4 aliphatic carbocycles. The molecule has 0 saturated heterocycles. The molecule has 0 atom stereocenters. The van der Waals surface area contributed by atoms with Crippen LogP contribution in [-0.2, 0) is 5.41 Å². The number of aromatic amines is 1. The lowest BCUT2D eigenvalue weighted by Crippen LogP contribution is -2.48. The van der Waals surface area contributed by atoms with Gasteiger partial charge in [0.15, 0.2) is 0 Å². The average Bonchev–Trinajstić information content (AvgIpc) is 2.90. The highest BCUT2D eigenvalue weighted by atomic mass is 16.5. The molecule has 1 heterocycles. The Balaban J connectivity index is 1.64. The number of methoxy groups -OCH3 is 1. The Morgan fingerprint density at radius 1 is 1.05 bits per heavy atom. The molecule has 1 aromatic heterocycles. The molecule has 2 aromatic rings. The van der Waals surface area contributed by atoms with Gasteiger partial charge in [-0.2, -0.15) is 0 Å². The molecule has 0 amide bonds. The van der Waals surface area contributed by atoms with Crippen molar-refractivity contribution in [3.63, 3.8) is 0 Å². The SMILES string of the molecule is COc1cccc2cc(C34CC5CC(CC(C5)C3)C4)[nH]c12. The molecule has 21 heavy (non-hydrogen) atoms. The smallest absolute Gasteiger partial charge is 0.142 e. The van der Waals surface area contributed by atoms with Crippen LogP contribution in [-0.4, -0.2) is 12.1 Å². The zero-order chi connectivity index (χ0) is 14.0. The van der Waals surface area contributed by atoms with E-state index in [0.717, 1.165) is 23.5 Å². The molecule has 110 valence electrons. The van der Waals surface area contributed by atoms with Crippen LogP contribution in [0.15, 0.2) is 24.3 Å². The van der Waals surface area contributed by atoms with Gasteiger partial charge in [-0.15, -0.1) is 0 Å². The number of benzene rings is 1. The van der Waals surface area contributed by atoms with E-state index in [1.807, 2.05) is 0 Å². The fourth-order valence-corrected chi connectivity index (χ4v) is 6.02. The van der Waals surface area contributed by atoms with Crippen LogP contribution < -0.4 is 4.74 Å². The minimum atomic E-state index is 0.443. The molecular formula is C19H23NO. The molecule has 1 aromatic carbocycles. The average molecular weight is 281 g/mol. The Morgan fingerprint density at radius 3 is 2.33 bits per heavy atom. The molecule has 6 rings (SSSR count). The van der Waals surface area contributed by atoms with E-state index < -0.39 is 0 Å². The van der Waals surface area contributed by atoms with Crippen molar-refractivity contribution in [2.75, 3.05) is 7.11 Å². The summed E-state index contributed by atoms with van der Waals surface area (Å²) in [6, 6.07) is 8.77. The van der Waals surface area contributed by atoms with Crippen LogP contribution >= 0.6 is 0 Å². The number of hydrogen-bond acceptors (Lipinski definition) is 1. The molecule has 2 heteroatoms. The second kappa shape index (κ2) is 4.06. The number of para-hydroxylation sites is 1. The van der Waals surface area contributed by atoms with E-state index in [1.165, 1.54) is 55.1 Å². The first-order chi connectivity index (χ1) is 10.3. The molecule has 4 bridgehead atoms. The van der Waals surface area contributed by atoms with Gasteiger partial charge in [-0.3, -0.25) is 0 Å². The number of fused-ring (bicyclic) bond motifs is 1. The number of nitrogens with one attached hydrogen (secondary N) is 1. The van der Waals surface area contributed by atoms with Crippen molar-refractivity contribution in [1.82, 2.24) is 4.98 Å². The normalized spacial score (nSPS) is 37.3. The second-order valence-electron chi connectivity index (χ2n) is 7.81. The van der Waals surface area contributed by atoms with Crippen LogP contribution in [0.25, 0.3) is 10.9 Å². The van der Waals surface area contributed by atoms with Crippen LogP contribution in [0.4, 0.5) is 0 Å². The fraction of sp³-hybridized carbons (Fsp3) is 0.579.